The lowest BCUT2D eigenvalue weighted by Crippen LogP contribution is -2.58. The minimum absolute atomic E-state index is 0.0845. The summed E-state index contributed by atoms with van der Waals surface area (Å²) in [6.45, 7) is 4.97. The average Bonchev–Trinajstić information content (AvgIpc) is 2.75. The van der Waals surface area contributed by atoms with E-state index in [0.29, 0.717) is 13.2 Å². The third kappa shape index (κ3) is 1.16. The van der Waals surface area contributed by atoms with Gasteiger partial charge in [-0.1, -0.05) is 22.0 Å². The van der Waals surface area contributed by atoms with Gasteiger partial charge in [-0.3, -0.25) is 4.90 Å². The number of rotatable bonds is 1. The monoisotopic (exact) mass is 287 g/mol. The second kappa shape index (κ2) is 3.47. The second-order valence-electron chi connectivity index (χ2n) is 4.65. The highest BCUT2D eigenvalue weighted by molar-refractivity contribution is 9.09. The molecule has 0 aliphatic carbocycles. The van der Waals surface area contributed by atoms with Crippen molar-refractivity contribution in [1.82, 2.24) is 4.90 Å². The number of nitrogens with zero attached hydrogens (tertiary/aromatic N) is 1. The third-order valence-electron chi connectivity index (χ3n) is 3.87. The van der Waals surface area contributed by atoms with Gasteiger partial charge in [0.1, 0.15) is 11.6 Å². The van der Waals surface area contributed by atoms with Crippen molar-refractivity contribution < 1.29 is 14.3 Å². The highest BCUT2D eigenvalue weighted by Crippen LogP contribution is 2.47. The highest BCUT2D eigenvalue weighted by atomic mass is 79.9. The summed E-state index contributed by atoms with van der Waals surface area (Å²) in [6, 6.07) is 0.0962. The minimum Gasteiger partial charge on any atom is -0.442 e. The lowest BCUT2D eigenvalue weighted by Gasteiger charge is -2.40. The van der Waals surface area contributed by atoms with Crippen LogP contribution in [0.4, 0.5) is 4.79 Å². The van der Waals surface area contributed by atoms with Crippen molar-refractivity contribution in [2.75, 3.05) is 13.2 Å². The van der Waals surface area contributed by atoms with Gasteiger partial charge >= 0.3 is 6.09 Å². The van der Waals surface area contributed by atoms with Crippen LogP contribution in [0, 0.1) is 0 Å². The van der Waals surface area contributed by atoms with Crippen molar-refractivity contribution in [3.63, 3.8) is 0 Å². The van der Waals surface area contributed by atoms with Gasteiger partial charge in [-0.15, -0.1) is 6.58 Å². The fraction of sp³-hybridized carbons (Fsp3) is 0.727. The SMILES string of the molecule is C=C[C@H]1CC[C@@]23COC[C@@H](Br)[C@@H]2OC(=O)N13. The van der Waals surface area contributed by atoms with E-state index in [2.05, 4.69) is 22.5 Å². The molecule has 16 heavy (non-hydrogen) atoms. The van der Waals surface area contributed by atoms with Gasteiger partial charge < -0.3 is 9.47 Å². The first-order valence-electron chi connectivity index (χ1n) is 5.53. The molecule has 0 radical (unpaired) electrons. The van der Waals surface area contributed by atoms with Crippen LogP contribution < -0.4 is 0 Å². The Labute approximate surface area is 103 Å². The quantitative estimate of drug-likeness (QED) is 0.544. The molecule has 0 saturated carbocycles. The molecular formula is C11H14BrNO3. The van der Waals surface area contributed by atoms with E-state index in [1.807, 2.05) is 11.0 Å². The van der Waals surface area contributed by atoms with Crippen LogP contribution in [0.1, 0.15) is 12.8 Å². The van der Waals surface area contributed by atoms with Crippen LogP contribution >= 0.6 is 15.9 Å². The van der Waals surface area contributed by atoms with Crippen LogP contribution in [0.3, 0.4) is 0 Å². The molecule has 3 saturated heterocycles. The van der Waals surface area contributed by atoms with E-state index in [1.54, 1.807) is 0 Å². The normalized spacial score (nSPS) is 46.2. The molecule has 88 valence electrons. The molecule has 0 aromatic rings. The number of halogens is 1. The maximum Gasteiger partial charge on any atom is 0.411 e. The number of hydrogen-bond donors (Lipinski definition) is 0. The maximum absolute atomic E-state index is 11.9. The van der Waals surface area contributed by atoms with Gasteiger partial charge in [0.25, 0.3) is 0 Å². The second-order valence-corrected chi connectivity index (χ2v) is 5.83. The van der Waals surface area contributed by atoms with Gasteiger partial charge in [0, 0.05) is 0 Å². The molecular weight excluding hydrogens is 274 g/mol. The molecule has 3 aliphatic heterocycles. The first-order chi connectivity index (χ1) is 7.69. The Morgan fingerprint density at radius 3 is 3.19 bits per heavy atom. The molecule has 3 heterocycles. The van der Waals surface area contributed by atoms with E-state index in [4.69, 9.17) is 9.47 Å². The largest absolute Gasteiger partial charge is 0.442 e. The summed E-state index contributed by atoms with van der Waals surface area (Å²) in [7, 11) is 0. The summed E-state index contributed by atoms with van der Waals surface area (Å²) in [6.07, 6.45) is 3.41. The fourth-order valence-electron chi connectivity index (χ4n) is 3.14. The number of alkyl halides is 1. The Balaban J connectivity index is 2.00. The lowest BCUT2D eigenvalue weighted by molar-refractivity contribution is -0.0398. The molecule has 1 amide bonds. The van der Waals surface area contributed by atoms with Gasteiger partial charge in [-0.05, 0) is 12.8 Å². The Hall–Kier alpha value is -0.550. The summed E-state index contributed by atoms with van der Waals surface area (Å²) in [4.78, 5) is 13.8. The van der Waals surface area contributed by atoms with Crippen molar-refractivity contribution in [2.24, 2.45) is 0 Å². The van der Waals surface area contributed by atoms with Gasteiger partial charge in [0.05, 0.1) is 24.1 Å². The van der Waals surface area contributed by atoms with Crippen molar-refractivity contribution >= 4 is 22.0 Å². The first kappa shape index (κ1) is 10.6. The van der Waals surface area contributed by atoms with E-state index in [0.717, 1.165) is 12.8 Å². The van der Waals surface area contributed by atoms with Crippen LogP contribution in [0.2, 0.25) is 0 Å². The molecule has 3 rings (SSSR count). The van der Waals surface area contributed by atoms with E-state index in [9.17, 15) is 4.79 Å². The van der Waals surface area contributed by atoms with Crippen molar-refractivity contribution in [3.05, 3.63) is 12.7 Å². The topological polar surface area (TPSA) is 38.8 Å². The predicted octanol–water partition coefficient (Wildman–Crippen LogP) is 1.69. The Bertz CT molecular complexity index is 348. The first-order valence-corrected chi connectivity index (χ1v) is 6.45. The van der Waals surface area contributed by atoms with E-state index < -0.39 is 0 Å². The Morgan fingerprint density at radius 1 is 1.62 bits per heavy atom. The molecule has 5 heteroatoms. The third-order valence-corrected chi connectivity index (χ3v) is 4.61. The number of carbonyl (C=O) groups excluding carboxylic acids is 1. The van der Waals surface area contributed by atoms with Gasteiger partial charge in [0.2, 0.25) is 0 Å². The molecule has 0 aromatic carbocycles. The number of hydrogen-bond acceptors (Lipinski definition) is 3. The molecule has 3 aliphatic rings. The Morgan fingerprint density at radius 2 is 2.44 bits per heavy atom. The smallest absolute Gasteiger partial charge is 0.411 e. The number of carbonyl (C=O) groups is 1. The van der Waals surface area contributed by atoms with Crippen LogP contribution in [0.15, 0.2) is 12.7 Å². The number of ether oxygens (including phenoxy) is 2. The average molecular weight is 288 g/mol. The van der Waals surface area contributed by atoms with Gasteiger partial charge in [-0.25, -0.2) is 4.79 Å². The van der Waals surface area contributed by atoms with E-state index in [1.165, 1.54) is 0 Å². The van der Waals surface area contributed by atoms with Gasteiger partial charge in [0.15, 0.2) is 0 Å². The molecule has 4 atom stereocenters. The van der Waals surface area contributed by atoms with Crippen LogP contribution in [-0.2, 0) is 9.47 Å². The molecule has 0 bridgehead atoms. The zero-order valence-corrected chi connectivity index (χ0v) is 10.5. The lowest BCUT2D eigenvalue weighted by atomic mass is 9.87. The summed E-state index contributed by atoms with van der Waals surface area (Å²) in [5, 5.41) is 0. The molecule has 0 aromatic heterocycles. The summed E-state index contributed by atoms with van der Waals surface area (Å²) in [5.74, 6) is 0. The van der Waals surface area contributed by atoms with Crippen molar-refractivity contribution in [2.45, 2.75) is 35.4 Å². The summed E-state index contributed by atoms with van der Waals surface area (Å²) in [5.41, 5.74) is -0.262. The Kier molecular flexibility index (Phi) is 2.30. The summed E-state index contributed by atoms with van der Waals surface area (Å²) < 4.78 is 11.1. The maximum atomic E-state index is 11.9. The highest BCUT2D eigenvalue weighted by Gasteiger charge is 2.63. The number of amides is 1. The van der Waals surface area contributed by atoms with Crippen LogP contribution in [-0.4, -0.2) is 46.7 Å². The zero-order valence-electron chi connectivity index (χ0n) is 8.89. The molecule has 4 nitrogen and oxygen atoms in total. The van der Waals surface area contributed by atoms with Gasteiger partial charge in [-0.2, -0.15) is 0 Å². The van der Waals surface area contributed by atoms with Crippen molar-refractivity contribution in [1.29, 1.82) is 0 Å². The van der Waals surface area contributed by atoms with Crippen molar-refractivity contribution in [3.8, 4) is 0 Å². The minimum atomic E-state index is -0.262. The summed E-state index contributed by atoms with van der Waals surface area (Å²) >= 11 is 3.54. The van der Waals surface area contributed by atoms with E-state index in [-0.39, 0.29) is 28.6 Å². The van der Waals surface area contributed by atoms with E-state index >= 15 is 0 Å². The molecule has 1 spiro atoms. The predicted molar refractivity (Wildman–Crippen MR) is 61.6 cm³/mol. The fourth-order valence-corrected chi connectivity index (χ4v) is 3.93. The van der Waals surface area contributed by atoms with Crippen LogP contribution in [0.25, 0.3) is 0 Å². The standard InChI is InChI=1S/C11H14BrNO3/c1-2-7-3-4-11-6-15-5-8(12)9(11)16-10(14)13(7)11/h2,7-9H,1,3-6H2/t7-,8+,9-,11+/m0/s1. The molecule has 0 unspecified atom stereocenters. The zero-order chi connectivity index (χ0) is 11.3. The van der Waals surface area contributed by atoms with Crippen LogP contribution in [0.5, 0.6) is 0 Å². The molecule has 3 fully saturated rings. The molecule has 0 N–H and O–H groups in total.